The highest BCUT2D eigenvalue weighted by molar-refractivity contribution is 5.75. The van der Waals surface area contributed by atoms with Crippen molar-refractivity contribution in [2.75, 3.05) is 6.54 Å². The number of amides is 4. The van der Waals surface area contributed by atoms with E-state index in [2.05, 4.69) is 16.0 Å². The molecule has 15 heavy (non-hydrogen) atoms. The van der Waals surface area contributed by atoms with Crippen LogP contribution < -0.4 is 21.7 Å². The van der Waals surface area contributed by atoms with Gasteiger partial charge in [0, 0.05) is 12.6 Å². The summed E-state index contributed by atoms with van der Waals surface area (Å²) in [5.74, 6) is 0. The number of nitrogens with two attached hydrogens (primary N) is 1. The van der Waals surface area contributed by atoms with Crippen LogP contribution in [0.1, 0.15) is 27.7 Å². The number of hydrogen-bond acceptors (Lipinski definition) is 2. The van der Waals surface area contributed by atoms with Gasteiger partial charge in [-0.2, -0.15) is 0 Å². The third-order valence-electron chi connectivity index (χ3n) is 1.57. The van der Waals surface area contributed by atoms with Crippen molar-refractivity contribution in [2.45, 2.75) is 39.3 Å². The Labute approximate surface area is 90.0 Å². The van der Waals surface area contributed by atoms with Gasteiger partial charge in [0.1, 0.15) is 0 Å². The number of primary amides is 1. The quantitative estimate of drug-likeness (QED) is 0.538. The molecule has 0 saturated heterocycles. The molecule has 0 unspecified atom stereocenters. The van der Waals surface area contributed by atoms with Gasteiger partial charge in [-0.25, -0.2) is 9.59 Å². The minimum absolute atomic E-state index is 0.0808. The second-order valence-corrected chi connectivity index (χ2v) is 4.35. The van der Waals surface area contributed by atoms with Gasteiger partial charge < -0.3 is 21.7 Å². The molecule has 0 spiro atoms. The molecule has 88 valence electrons. The van der Waals surface area contributed by atoms with Crippen molar-refractivity contribution in [1.29, 1.82) is 0 Å². The number of nitrogens with one attached hydrogen (secondary N) is 3. The van der Waals surface area contributed by atoms with Gasteiger partial charge in [-0.05, 0) is 27.7 Å². The van der Waals surface area contributed by atoms with E-state index in [1.165, 1.54) is 0 Å². The normalized spacial score (nSPS) is 11.0. The van der Waals surface area contributed by atoms with Crippen molar-refractivity contribution in [3.63, 3.8) is 0 Å². The average molecular weight is 216 g/mol. The van der Waals surface area contributed by atoms with Crippen LogP contribution in [0.5, 0.6) is 0 Å². The molecule has 0 atom stereocenters. The molecule has 0 aromatic carbocycles. The van der Waals surface area contributed by atoms with Gasteiger partial charge in [-0.1, -0.05) is 0 Å². The van der Waals surface area contributed by atoms with E-state index < -0.39 is 11.6 Å². The van der Waals surface area contributed by atoms with E-state index in [1.54, 1.807) is 13.8 Å². The molecule has 0 aliphatic carbocycles. The van der Waals surface area contributed by atoms with Crippen molar-refractivity contribution in [3.05, 3.63) is 0 Å². The van der Waals surface area contributed by atoms with E-state index in [0.717, 1.165) is 0 Å². The minimum atomic E-state index is -0.605. The first-order valence-electron chi connectivity index (χ1n) is 4.85. The minimum Gasteiger partial charge on any atom is -0.352 e. The summed E-state index contributed by atoms with van der Waals surface area (Å²) in [6, 6.07) is -0.785. The van der Waals surface area contributed by atoms with Gasteiger partial charge in [0.15, 0.2) is 0 Å². The van der Waals surface area contributed by atoms with Gasteiger partial charge >= 0.3 is 12.1 Å². The highest BCUT2D eigenvalue weighted by Crippen LogP contribution is 1.98. The Balaban J connectivity index is 3.92. The summed E-state index contributed by atoms with van der Waals surface area (Å²) >= 11 is 0. The van der Waals surface area contributed by atoms with Crippen LogP contribution in [0.25, 0.3) is 0 Å². The van der Waals surface area contributed by atoms with Gasteiger partial charge in [0.05, 0.1) is 5.54 Å². The molecule has 6 nitrogen and oxygen atoms in total. The Morgan fingerprint density at radius 3 is 2.27 bits per heavy atom. The molecule has 0 bridgehead atoms. The summed E-state index contributed by atoms with van der Waals surface area (Å²) in [7, 11) is 0. The second-order valence-electron chi connectivity index (χ2n) is 4.35. The van der Waals surface area contributed by atoms with Crippen LogP contribution in [0.3, 0.4) is 0 Å². The van der Waals surface area contributed by atoms with Gasteiger partial charge in [-0.15, -0.1) is 0 Å². The lowest BCUT2D eigenvalue weighted by molar-refractivity contribution is 0.227. The summed E-state index contributed by atoms with van der Waals surface area (Å²) in [5, 5.41) is 7.84. The van der Waals surface area contributed by atoms with Crippen molar-refractivity contribution in [3.8, 4) is 0 Å². The van der Waals surface area contributed by atoms with Crippen LogP contribution in [0.2, 0.25) is 0 Å². The van der Waals surface area contributed by atoms with Crippen molar-refractivity contribution in [1.82, 2.24) is 16.0 Å². The zero-order valence-corrected chi connectivity index (χ0v) is 9.68. The third kappa shape index (κ3) is 7.60. The molecule has 0 aliphatic rings. The zero-order chi connectivity index (χ0) is 12.1. The van der Waals surface area contributed by atoms with Crippen LogP contribution in [-0.2, 0) is 0 Å². The molecule has 6 heteroatoms. The lowest BCUT2D eigenvalue weighted by Crippen LogP contribution is -2.54. The standard InChI is InChI=1S/C9H20N4O2/c1-6(2)12-8(15)11-5-9(3,4)13-7(10)14/h6H,5H2,1-4H3,(H3,10,13,14)(H2,11,12,15). The van der Waals surface area contributed by atoms with Gasteiger partial charge in [0.25, 0.3) is 0 Å². The van der Waals surface area contributed by atoms with E-state index in [4.69, 9.17) is 5.73 Å². The van der Waals surface area contributed by atoms with E-state index >= 15 is 0 Å². The molecule has 0 aliphatic heterocycles. The van der Waals surface area contributed by atoms with Crippen LogP contribution in [0, 0.1) is 0 Å². The molecule has 0 saturated carbocycles. The molecule has 4 amide bonds. The molecule has 0 heterocycles. The van der Waals surface area contributed by atoms with Gasteiger partial charge in [0.2, 0.25) is 0 Å². The Morgan fingerprint density at radius 1 is 1.33 bits per heavy atom. The largest absolute Gasteiger partial charge is 0.352 e. The maximum absolute atomic E-state index is 11.2. The summed E-state index contributed by atoms with van der Waals surface area (Å²) < 4.78 is 0. The molecular formula is C9H20N4O2. The van der Waals surface area contributed by atoms with Crippen LogP contribution in [-0.4, -0.2) is 30.2 Å². The molecule has 0 aromatic rings. The summed E-state index contributed by atoms with van der Waals surface area (Å²) in [5.41, 5.74) is 4.43. The average Bonchev–Trinajstić information content (AvgIpc) is 1.97. The smallest absolute Gasteiger partial charge is 0.315 e. The number of urea groups is 2. The van der Waals surface area contributed by atoms with Gasteiger partial charge in [-0.3, -0.25) is 0 Å². The first kappa shape index (κ1) is 13.5. The molecule has 0 fully saturated rings. The highest BCUT2D eigenvalue weighted by atomic mass is 16.2. The highest BCUT2D eigenvalue weighted by Gasteiger charge is 2.19. The lowest BCUT2D eigenvalue weighted by Gasteiger charge is -2.25. The fourth-order valence-corrected chi connectivity index (χ4v) is 0.992. The van der Waals surface area contributed by atoms with E-state index in [1.807, 2.05) is 13.8 Å². The fraction of sp³-hybridized carbons (Fsp3) is 0.778. The van der Waals surface area contributed by atoms with Crippen LogP contribution in [0.4, 0.5) is 9.59 Å². The summed E-state index contributed by atoms with van der Waals surface area (Å²) in [6.45, 7) is 7.59. The zero-order valence-electron chi connectivity index (χ0n) is 9.68. The number of carbonyl (C=O) groups excluding carboxylic acids is 2. The summed E-state index contributed by atoms with van der Waals surface area (Å²) in [6.07, 6.45) is 0. The fourth-order valence-electron chi connectivity index (χ4n) is 0.992. The maximum atomic E-state index is 11.2. The molecule has 5 N–H and O–H groups in total. The lowest BCUT2D eigenvalue weighted by atomic mass is 10.1. The van der Waals surface area contributed by atoms with E-state index in [0.29, 0.717) is 6.54 Å². The summed E-state index contributed by atoms with van der Waals surface area (Å²) in [4.78, 5) is 21.8. The van der Waals surface area contributed by atoms with Crippen LogP contribution >= 0.6 is 0 Å². The second kappa shape index (κ2) is 5.43. The Kier molecular flexibility index (Phi) is 4.90. The predicted octanol–water partition coefficient (Wildman–Crippen LogP) is 0.141. The monoisotopic (exact) mass is 216 g/mol. The topological polar surface area (TPSA) is 96.2 Å². The first-order valence-corrected chi connectivity index (χ1v) is 4.85. The molecule has 0 rings (SSSR count). The number of rotatable bonds is 4. The van der Waals surface area contributed by atoms with Crippen molar-refractivity contribution >= 4 is 12.1 Å². The molecule has 0 aromatic heterocycles. The SMILES string of the molecule is CC(C)NC(=O)NCC(C)(C)NC(N)=O. The third-order valence-corrected chi connectivity index (χ3v) is 1.57. The maximum Gasteiger partial charge on any atom is 0.315 e. The molecule has 0 radical (unpaired) electrons. The first-order chi connectivity index (χ1) is 6.73. The van der Waals surface area contributed by atoms with Crippen molar-refractivity contribution in [2.24, 2.45) is 5.73 Å². The number of carbonyl (C=O) groups is 2. The van der Waals surface area contributed by atoms with Crippen LogP contribution in [0.15, 0.2) is 0 Å². The van der Waals surface area contributed by atoms with Crippen molar-refractivity contribution < 1.29 is 9.59 Å². The Hall–Kier alpha value is -1.46. The Morgan fingerprint density at radius 2 is 1.87 bits per heavy atom. The predicted molar refractivity (Wildman–Crippen MR) is 58.5 cm³/mol. The number of hydrogen-bond donors (Lipinski definition) is 4. The van der Waals surface area contributed by atoms with E-state index in [9.17, 15) is 9.59 Å². The molecular weight excluding hydrogens is 196 g/mol. The Bertz CT molecular complexity index is 238. The van der Waals surface area contributed by atoms with E-state index in [-0.39, 0.29) is 12.1 Å².